The number of aromatic nitrogens is 1. The molecule has 0 spiro atoms. The van der Waals surface area contributed by atoms with Crippen molar-refractivity contribution in [2.45, 2.75) is 0 Å². The van der Waals surface area contributed by atoms with Gasteiger partial charge in [0.05, 0.1) is 12.5 Å². The van der Waals surface area contributed by atoms with Gasteiger partial charge in [-0.25, -0.2) is 0 Å². The lowest BCUT2D eigenvalue weighted by atomic mass is 10.4. The molecule has 0 fully saturated rings. The molecule has 0 saturated carbocycles. The Kier molecular flexibility index (Phi) is 3.60. The highest BCUT2D eigenvalue weighted by Crippen LogP contribution is 2.33. The molecule has 1 heterocycles. The van der Waals surface area contributed by atoms with Crippen molar-refractivity contribution >= 4 is 31.8 Å². The second kappa shape index (κ2) is 4.47. The predicted octanol–water partition coefficient (Wildman–Crippen LogP) is -0.308. The molecular weight excluding hydrogens is 292 g/mol. The van der Waals surface area contributed by atoms with Gasteiger partial charge in [-0.3, -0.25) is 0 Å². The van der Waals surface area contributed by atoms with E-state index in [1.807, 2.05) is 0 Å². The van der Waals surface area contributed by atoms with Crippen LogP contribution in [0.3, 0.4) is 0 Å². The molecule has 0 aliphatic rings. The third-order valence-corrected chi connectivity index (χ3v) is 2.94. The van der Waals surface area contributed by atoms with Crippen LogP contribution in [-0.4, -0.2) is 33.7 Å². The second-order valence-corrected chi connectivity index (χ2v) is 6.72. The van der Waals surface area contributed by atoms with E-state index in [1.54, 1.807) is 6.07 Å². The standard InChI is InChI=1S/C6H6N2O6S3/c1-16(9,10)13-5-4(3-7)6(15-8-5)14-17(2,11)12/h1-2H3. The fourth-order valence-corrected chi connectivity index (χ4v) is 2.57. The van der Waals surface area contributed by atoms with E-state index < -0.39 is 26.1 Å². The van der Waals surface area contributed by atoms with Crippen LogP contribution in [0.15, 0.2) is 0 Å². The van der Waals surface area contributed by atoms with E-state index in [0.29, 0.717) is 11.5 Å². The zero-order valence-electron chi connectivity index (χ0n) is 8.57. The Morgan fingerprint density at radius 1 is 1.18 bits per heavy atom. The van der Waals surface area contributed by atoms with Crippen LogP contribution in [0.4, 0.5) is 0 Å². The van der Waals surface area contributed by atoms with Gasteiger partial charge in [0.15, 0.2) is 5.56 Å². The Balaban J connectivity index is 3.18. The molecule has 0 aromatic carbocycles. The normalized spacial score (nSPS) is 11.8. The summed E-state index contributed by atoms with van der Waals surface area (Å²) in [5.74, 6) is -0.501. The maximum Gasteiger partial charge on any atom is 0.307 e. The summed E-state index contributed by atoms with van der Waals surface area (Å²) in [6.07, 6.45) is 1.55. The Morgan fingerprint density at radius 2 is 1.71 bits per heavy atom. The first-order valence-corrected chi connectivity index (χ1v) is 8.22. The Labute approximate surface area is 102 Å². The largest absolute Gasteiger partial charge is 0.368 e. The Bertz CT molecular complexity index is 614. The van der Waals surface area contributed by atoms with Gasteiger partial charge in [-0.05, 0) is 0 Å². The maximum atomic E-state index is 10.9. The first-order valence-electron chi connectivity index (χ1n) is 3.81. The highest BCUT2D eigenvalue weighted by Gasteiger charge is 2.22. The fraction of sp³-hybridized carbons (Fsp3) is 0.333. The predicted molar refractivity (Wildman–Crippen MR) is 57.8 cm³/mol. The van der Waals surface area contributed by atoms with Crippen molar-refractivity contribution < 1.29 is 25.2 Å². The molecule has 0 amide bonds. The molecule has 0 N–H and O–H groups in total. The summed E-state index contributed by atoms with van der Waals surface area (Å²) >= 11 is 0.505. The van der Waals surface area contributed by atoms with Crippen LogP contribution in [-0.2, 0) is 20.2 Å². The van der Waals surface area contributed by atoms with E-state index >= 15 is 0 Å². The lowest BCUT2D eigenvalue weighted by Crippen LogP contribution is -2.08. The van der Waals surface area contributed by atoms with Crippen molar-refractivity contribution in [3.8, 4) is 17.0 Å². The monoisotopic (exact) mass is 298 g/mol. The highest BCUT2D eigenvalue weighted by atomic mass is 32.2. The molecule has 0 bridgehead atoms. The first-order chi connectivity index (χ1) is 7.62. The SMILES string of the molecule is CS(=O)(=O)Oc1nsc(OS(C)(=O)=O)c1C#N. The Hall–Kier alpha value is -1.38. The van der Waals surface area contributed by atoms with Gasteiger partial charge in [-0.15, -0.1) is 4.37 Å². The molecule has 8 nitrogen and oxygen atoms in total. The van der Waals surface area contributed by atoms with Crippen LogP contribution < -0.4 is 8.37 Å². The molecule has 0 atom stereocenters. The minimum Gasteiger partial charge on any atom is -0.368 e. The molecule has 0 aliphatic carbocycles. The van der Waals surface area contributed by atoms with Crippen molar-refractivity contribution in [2.75, 3.05) is 12.5 Å². The third-order valence-electron chi connectivity index (χ3n) is 1.20. The summed E-state index contributed by atoms with van der Waals surface area (Å²) in [6, 6.07) is 1.56. The van der Waals surface area contributed by atoms with Gasteiger partial charge < -0.3 is 8.37 Å². The summed E-state index contributed by atoms with van der Waals surface area (Å²) in [4.78, 5) is 0. The van der Waals surface area contributed by atoms with Gasteiger partial charge >= 0.3 is 20.2 Å². The van der Waals surface area contributed by atoms with E-state index in [0.717, 1.165) is 12.5 Å². The van der Waals surface area contributed by atoms with Crippen molar-refractivity contribution in [3.63, 3.8) is 0 Å². The molecule has 0 unspecified atom stereocenters. The highest BCUT2D eigenvalue weighted by molar-refractivity contribution is 7.86. The molecule has 11 heteroatoms. The number of hydrogen-bond donors (Lipinski definition) is 0. The molecule has 0 saturated heterocycles. The average molecular weight is 298 g/mol. The van der Waals surface area contributed by atoms with E-state index in [4.69, 9.17) is 5.26 Å². The molecule has 17 heavy (non-hydrogen) atoms. The molecule has 0 radical (unpaired) electrons. The number of nitriles is 1. The molecule has 0 aliphatic heterocycles. The topological polar surface area (TPSA) is 123 Å². The van der Waals surface area contributed by atoms with Crippen LogP contribution in [0.25, 0.3) is 0 Å². The van der Waals surface area contributed by atoms with Gasteiger partial charge in [0.1, 0.15) is 6.07 Å². The summed E-state index contributed by atoms with van der Waals surface area (Å²) in [6.45, 7) is 0. The molecule has 1 rings (SSSR count). The summed E-state index contributed by atoms with van der Waals surface area (Å²) in [5, 5.41) is 8.41. The first kappa shape index (κ1) is 13.7. The zero-order chi connectivity index (χ0) is 13.3. The van der Waals surface area contributed by atoms with E-state index in [9.17, 15) is 16.8 Å². The summed E-state index contributed by atoms with van der Waals surface area (Å²) in [7, 11) is -7.68. The summed E-state index contributed by atoms with van der Waals surface area (Å²) < 4.78 is 55.7. The van der Waals surface area contributed by atoms with Gasteiger partial charge in [-0.1, -0.05) is 0 Å². The number of rotatable bonds is 4. The van der Waals surface area contributed by atoms with Crippen molar-refractivity contribution in [2.24, 2.45) is 0 Å². The van der Waals surface area contributed by atoms with E-state index in [1.165, 1.54) is 0 Å². The fourth-order valence-electron chi connectivity index (χ4n) is 0.750. The minimum atomic E-state index is -3.85. The lowest BCUT2D eigenvalue weighted by Gasteiger charge is -1.99. The molecular formula is C6H6N2O6S3. The minimum absolute atomic E-state index is 0.339. The van der Waals surface area contributed by atoms with Crippen LogP contribution in [0.2, 0.25) is 0 Å². The van der Waals surface area contributed by atoms with Crippen molar-refractivity contribution in [1.82, 2.24) is 4.37 Å². The van der Waals surface area contributed by atoms with Gasteiger partial charge in [0.25, 0.3) is 5.88 Å². The molecule has 1 aromatic heterocycles. The maximum absolute atomic E-state index is 10.9. The average Bonchev–Trinajstić information content (AvgIpc) is 2.41. The van der Waals surface area contributed by atoms with Crippen molar-refractivity contribution in [1.29, 1.82) is 5.26 Å². The summed E-state index contributed by atoms with van der Waals surface area (Å²) in [5.41, 5.74) is -0.383. The lowest BCUT2D eigenvalue weighted by molar-refractivity contribution is 0.482. The van der Waals surface area contributed by atoms with E-state index in [-0.39, 0.29) is 10.6 Å². The van der Waals surface area contributed by atoms with Crippen LogP contribution >= 0.6 is 11.5 Å². The number of nitrogens with zero attached hydrogens (tertiary/aromatic N) is 2. The smallest absolute Gasteiger partial charge is 0.307 e. The van der Waals surface area contributed by atoms with Crippen molar-refractivity contribution in [3.05, 3.63) is 5.56 Å². The van der Waals surface area contributed by atoms with E-state index in [2.05, 4.69) is 12.7 Å². The number of hydrogen-bond acceptors (Lipinski definition) is 9. The molecule has 94 valence electrons. The third kappa shape index (κ3) is 4.17. The quantitative estimate of drug-likeness (QED) is 0.693. The molecule has 1 aromatic rings. The zero-order valence-corrected chi connectivity index (χ0v) is 11.0. The van der Waals surface area contributed by atoms with Crippen LogP contribution in [0, 0.1) is 11.3 Å². The Morgan fingerprint density at radius 3 is 2.12 bits per heavy atom. The van der Waals surface area contributed by atoms with Gasteiger partial charge in [0, 0.05) is 11.5 Å². The van der Waals surface area contributed by atoms with Gasteiger partial charge in [0.2, 0.25) is 5.06 Å². The van der Waals surface area contributed by atoms with Gasteiger partial charge in [-0.2, -0.15) is 22.1 Å². The van der Waals surface area contributed by atoms with Crippen LogP contribution in [0.5, 0.6) is 10.9 Å². The second-order valence-electron chi connectivity index (χ2n) is 2.84. The van der Waals surface area contributed by atoms with Crippen LogP contribution in [0.1, 0.15) is 5.56 Å².